The van der Waals surface area contributed by atoms with Crippen LogP contribution in [0.25, 0.3) is 22.2 Å². The van der Waals surface area contributed by atoms with Gasteiger partial charge in [-0.05, 0) is 60.5 Å². The fourth-order valence-corrected chi connectivity index (χ4v) is 6.45. The van der Waals surface area contributed by atoms with E-state index < -0.39 is 51.6 Å². The smallest absolute Gasteiger partial charge is 0.363 e. The van der Waals surface area contributed by atoms with Crippen molar-refractivity contribution in [2.75, 3.05) is 21.2 Å². The van der Waals surface area contributed by atoms with Crippen LogP contribution in [-0.4, -0.2) is 47.6 Å². The molecule has 10 nitrogen and oxygen atoms in total. The largest absolute Gasteiger partial charge is 0.433 e. The SMILES string of the molecule is Cn1nc(NS(C)(=O)=O)c2c(Cl)ccc(N3C(=O)c4ccc(-c5cccc(C(F)(F)F)n5)cc4N[C@@H]3C(N)Cc3cc(F)cc(F)c3)c21. The highest BCUT2D eigenvalue weighted by Gasteiger charge is 2.39. The van der Waals surface area contributed by atoms with Gasteiger partial charge in [-0.2, -0.15) is 18.3 Å². The number of carbonyl (C=O) groups is 1. The van der Waals surface area contributed by atoms with Crippen LogP contribution >= 0.6 is 11.6 Å². The molecule has 0 radical (unpaired) electrons. The van der Waals surface area contributed by atoms with E-state index in [1.807, 2.05) is 0 Å². The van der Waals surface area contributed by atoms with E-state index >= 15 is 0 Å². The minimum atomic E-state index is -4.68. The number of carbonyl (C=O) groups excluding carboxylic acids is 1. The van der Waals surface area contributed by atoms with Crippen LogP contribution in [0.5, 0.6) is 0 Å². The highest BCUT2D eigenvalue weighted by atomic mass is 35.5. The number of sulfonamides is 1. The molecule has 3 aromatic carbocycles. The van der Waals surface area contributed by atoms with E-state index in [-0.39, 0.29) is 61.9 Å². The lowest BCUT2D eigenvalue weighted by atomic mass is 9.96. The molecule has 1 unspecified atom stereocenters. The molecule has 2 aromatic heterocycles. The highest BCUT2D eigenvalue weighted by Crippen LogP contribution is 2.41. The standard InChI is InChI=1S/C31H25ClF5N7O3S/c1-43-27-24(9-8-20(32)26(27)28(41-43)42-48(2,46)47)44-29(21(38)12-15-10-17(33)14-18(34)11-15)40-23-13-16(6-7-19(23)30(44)45)22-4-3-5-25(39-22)31(35,36)37/h3-11,13-14,21,29,40H,12,38H2,1-2H3,(H,41,42)/t21?,29-/m0/s1. The van der Waals surface area contributed by atoms with E-state index in [4.69, 9.17) is 17.3 Å². The van der Waals surface area contributed by atoms with Crippen molar-refractivity contribution in [2.45, 2.75) is 24.8 Å². The van der Waals surface area contributed by atoms with Crippen LogP contribution in [0.4, 0.5) is 39.1 Å². The summed E-state index contributed by atoms with van der Waals surface area (Å²) in [4.78, 5) is 19.4. The molecule has 3 heterocycles. The first-order chi connectivity index (χ1) is 22.5. The molecule has 17 heteroatoms. The van der Waals surface area contributed by atoms with Gasteiger partial charge in [-0.15, -0.1) is 0 Å². The molecule has 2 atom stereocenters. The van der Waals surface area contributed by atoms with Crippen LogP contribution in [-0.2, 0) is 29.7 Å². The normalized spacial score (nSPS) is 15.7. The number of rotatable bonds is 7. The molecule has 0 aliphatic carbocycles. The lowest BCUT2D eigenvalue weighted by molar-refractivity contribution is -0.141. The van der Waals surface area contributed by atoms with E-state index in [1.54, 1.807) is 0 Å². The number of nitrogens with two attached hydrogens (primary N) is 1. The molecule has 0 spiro atoms. The Morgan fingerprint density at radius 2 is 1.77 bits per heavy atom. The van der Waals surface area contributed by atoms with Gasteiger partial charge in [-0.3, -0.25) is 19.1 Å². The second-order valence-electron chi connectivity index (χ2n) is 11.2. The third-order valence-corrected chi connectivity index (χ3v) is 8.52. The van der Waals surface area contributed by atoms with Gasteiger partial charge >= 0.3 is 6.18 Å². The minimum Gasteiger partial charge on any atom is -0.363 e. The first-order valence-electron chi connectivity index (χ1n) is 14.1. The number of hydrogen-bond donors (Lipinski definition) is 3. The predicted molar refractivity (Wildman–Crippen MR) is 171 cm³/mol. The second kappa shape index (κ2) is 12.0. The molecule has 0 fully saturated rings. The van der Waals surface area contributed by atoms with Gasteiger partial charge < -0.3 is 11.1 Å². The van der Waals surface area contributed by atoms with Gasteiger partial charge in [0.05, 0.1) is 39.1 Å². The molecule has 0 saturated heterocycles. The van der Waals surface area contributed by atoms with Crippen molar-refractivity contribution >= 4 is 55.6 Å². The van der Waals surface area contributed by atoms with Crippen molar-refractivity contribution in [3.8, 4) is 11.3 Å². The summed E-state index contributed by atoms with van der Waals surface area (Å²) in [5.74, 6) is -2.34. The Hall–Kier alpha value is -4.80. The van der Waals surface area contributed by atoms with E-state index in [2.05, 4.69) is 20.1 Å². The van der Waals surface area contributed by atoms with Crippen molar-refractivity contribution in [1.82, 2.24) is 14.8 Å². The number of alkyl halides is 3. The van der Waals surface area contributed by atoms with E-state index in [0.29, 0.717) is 6.07 Å². The van der Waals surface area contributed by atoms with Crippen LogP contribution in [0.2, 0.25) is 5.02 Å². The summed E-state index contributed by atoms with van der Waals surface area (Å²) in [6, 6.07) is 12.6. The van der Waals surface area contributed by atoms with Gasteiger partial charge in [0, 0.05) is 30.4 Å². The van der Waals surface area contributed by atoms with Crippen molar-refractivity contribution in [3.63, 3.8) is 0 Å². The van der Waals surface area contributed by atoms with E-state index in [9.17, 15) is 35.2 Å². The summed E-state index contributed by atoms with van der Waals surface area (Å²) >= 11 is 6.50. The first-order valence-corrected chi connectivity index (χ1v) is 16.4. The van der Waals surface area contributed by atoms with Gasteiger partial charge in [0.25, 0.3) is 5.91 Å². The van der Waals surface area contributed by atoms with Gasteiger partial charge in [-0.25, -0.2) is 22.2 Å². The average molecular weight is 706 g/mol. The Morgan fingerprint density at radius 3 is 2.44 bits per heavy atom. The molecule has 1 amide bonds. The minimum absolute atomic E-state index is 0.000545. The fraction of sp³-hybridized carbons (Fsp3) is 0.194. The van der Waals surface area contributed by atoms with Crippen molar-refractivity contribution in [3.05, 3.63) is 100 Å². The Morgan fingerprint density at radius 1 is 1.06 bits per heavy atom. The Balaban J connectivity index is 1.50. The molecule has 250 valence electrons. The number of anilines is 3. The zero-order valence-electron chi connectivity index (χ0n) is 25.0. The maximum atomic E-state index is 14.4. The maximum absolute atomic E-state index is 14.4. The zero-order valence-corrected chi connectivity index (χ0v) is 26.6. The molecule has 0 saturated carbocycles. The number of aryl methyl sites for hydroxylation is 1. The van der Waals surface area contributed by atoms with Crippen molar-refractivity contribution in [2.24, 2.45) is 12.8 Å². The van der Waals surface area contributed by atoms with Gasteiger partial charge in [-0.1, -0.05) is 23.7 Å². The van der Waals surface area contributed by atoms with Crippen LogP contribution in [0.15, 0.2) is 66.7 Å². The highest BCUT2D eigenvalue weighted by molar-refractivity contribution is 7.92. The molecule has 1 aliphatic heterocycles. The number of nitrogens with zero attached hydrogens (tertiary/aromatic N) is 4. The molecule has 4 N–H and O–H groups in total. The second-order valence-corrected chi connectivity index (χ2v) is 13.4. The molecule has 1 aliphatic rings. The van der Waals surface area contributed by atoms with Crippen LogP contribution in [0.1, 0.15) is 21.6 Å². The molecule has 0 bridgehead atoms. The topological polar surface area (TPSA) is 135 Å². The number of aromatic nitrogens is 3. The van der Waals surface area contributed by atoms with Crippen LogP contribution in [0.3, 0.4) is 0 Å². The molecule has 6 rings (SSSR count). The Labute approximate surface area is 275 Å². The maximum Gasteiger partial charge on any atom is 0.433 e. The summed E-state index contributed by atoms with van der Waals surface area (Å²) in [6.45, 7) is 0. The Bertz CT molecular complexity index is 2190. The van der Waals surface area contributed by atoms with Gasteiger partial charge in [0.15, 0.2) is 5.82 Å². The number of amides is 1. The quantitative estimate of drug-likeness (QED) is 0.179. The third kappa shape index (κ3) is 6.37. The average Bonchev–Trinajstić information content (AvgIpc) is 3.31. The first kappa shape index (κ1) is 33.1. The summed E-state index contributed by atoms with van der Waals surface area (Å²) in [7, 11) is -2.27. The molecule has 5 aromatic rings. The number of fused-ring (bicyclic) bond motifs is 2. The lowest BCUT2D eigenvalue weighted by Crippen LogP contribution is -2.58. The monoisotopic (exact) mass is 705 g/mol. The zero-order chi connectivity index (χ0) is 34.7. The number of nitrogens with one attached hydrogen (secondary N) is 2. The molecular weight excluding hydrogens is 681 g/mol. The molecule has 48 heavy (non-hydrogen) atoms. The van der Waals surface area contributed by atoms with Gasteiger partial charge in [0.1, 0.15) is 23.5 Å². The summed E-state index contributed by atoms with van der Waals surface area (Å²) in [5.41, 5.74) is 6.84. The number of halogens is 6. The van der Waals surface area contributed by atoms with E-state index in [1.165, 1.54) is 59.1 Å². The molecular formula is C31H25ClF5N7O3S. The summed E-state index contributed by atoms with van der Waals surface area (Å²) in [6.07, 6.45) is -4.98. The number of hydrogen-bond acceptors (Lipinski definition) is 7. The number of pyridine rings is 1. The van der Waals surface area contributed by atoms with Crippen molar-refractivity contribution < 1.29 is 35.2 Å². The Kier molecular flexibility index (Phi) is 8.29. The third-order valence-electron chi connectivity index (χ3n) is 7.64. The van der Waals surface area contributed by atoms with E-state index in [0.717, 1.165) is 24.5 Å². The predicted octanol–water partition coefficient (Wildman–Crippen LogP) is 5.93. The van der Waals surface area contributed by atoms with Gasteiger partial charge in [0.2, 0.25) is 10.0 Å². The fourth-order valence-electron chi connectivity index (χ4n) is 5.71. The van der Waals surface area contributed by atoms with Crippen LogP contribution in [0, 0.1) is 11.6 Å². The number of benzene rings is 3. The van der Waals surface area contributed by atoms with Crippen molar-refractivity contribution in [1.29, 1.82) is 0 Å². The lowest BCUT2D eigenvalue weighted by Gasteiger charge is -2.41. The summed E-state index contributed by atoms with van der Waals surface area (Å²) in [5, 5.41) is 7.77. The van der Waals surface area contributed by atoms with Crippen LogP contribution < -0.4 is 20.7 Å². The summed E-state index contributed by atoms with van der Waals surface area (Å²) < 4.78 is 96.2.